The molecule has 0 fully saturated rings. The molecule has 1 aromatic heterocycles. The highest BCUT2D eigenvalue weighted by Gasteiger charge is 2.11. The first-order valence-corrected chi connectivity index (χ1v) is 4.71. The van der Waals surface area contributed by atoms with Crippen molar-refractivity contribution in [3.63, 3.8) is 0 Å². The number of carbonyl (C=O) groups is 1. The molecule has 0 unspecified atom stereocenters. The van der Waals surface area contributed by atoms with E-state index >= 15 is 0 Å². The Balaban J connectivity index is 2.20. The Bertz CT molecular complexity index is 301. The monoisotopic (exact) mass is 212 g/mol. The predicted molar refractivity (Wildman–Crippen MR) is 53.8 cm³/mol. The molecule has 0 atom stereocenters. The lowest BCUT2D eigenvalue weighted by atomic mass is 10.1. The molecule has 0 radical (unpaired) electrons. The van der Waals surface area contributed by atoms with Gasteiger partial charge in [0.2, 0.25) is 5.91 Å². The van der Waals surface area contributed by atoms with Crippen LogP contribution in [-0.4, -0.2) is 38.6 Å². The van der Waals surface area contributed by atoms with Gasteiger partial charge < -0.3 is 10.6 Å². The lowest BCUT2D eigenvalue weighted by Crippen LogP contribution is -2.43. The molecule has 0 spiro atoms. The summed E-state index contributed by atoms with van der Waals surface area (Å²) in [6, 6.07) is 0. The van der Waals surface area contributed by atoms with Crippen molar-refractivity contribution in [3.05, 3.63) is 5.82 Å². The number of hydrogen-bond acceptors (Lipinski definition) is 5. The summed E-state index contributed by atoms with van der Waals surface area (Å²) in [5.41, 5.74) is -0.0660. The van der Waals surface area contributed by atoms with Gasteiger partial charge in [-0.3, -0.25) is 4.79 Å². The molecular weight excluding hydrogens is 196 g/mol. The Morgan fingerprint density at radius 3 is 2.73 bits per heavy atom. The SMILES string of the molecule is CC(C)(C)NCC(=O)NCc1nn[nH]n1. The number of tetrazole rings is 1. The number of amides is 1. The van der Waals surface area contributed by atoms with E-state index < -0.39 is 0 Å². The van der Waals surface area contributed by atoms with Gasteiger partial charge >= 0.3 is 0 Å². The Morgan fingerprint density at radius 1 is 1.47 bits per heavy atom. The average Bonchev–Trinajstić information content (AvgIpc) is 2.62. The third kappa shape index (κ3) is 5.06. The molecule has 84 valence electrons. The van der Waals surface area contributed by atoms with E-state index in [0.29, 0.717) is 12.4 Å². The predicted octanol–water partition coefficient (Wildman–Crippen LogP) is -0.796. The van der Waals surface area contributed by atoms with Crippen molar-refractivity contribution in [3.8, 4) is 0 Å². The second kappa shape index (κ2) is 4.83. The number of aromatic nitrogens is 4. The fraction of sp³-hybridized carbons (Fsp3) is 0.750. The van der Waals surface area contributed by atoms with Crippen LogP contribution < -0.4 is 10.6 Å². The summed E-state index contributed by atoms with van der Waals surface area (Å²) in [5.74, 6) is 0.383. The summed E-state index contributed by atoms with van der Waals surface area (Å²) in [5, 5.41) is 18.9. The first-order valence-electron chi connectivity index (χ1n) is 4.71. The van der Waals surface area contributed by atoms with Crippen LogP contribution in [0.3, 0.4) is 0 Å². The summed E-state index contributed by atoms with van der Waals surface area (Å²) in [4.78, 5) is 11.3. The normalized spacial score (nSPS) is 11.4. The van der Waals surface area contributed by atoms with Crippen molar-refractivity contribution in [2.45, 2.75) is 32.9 Å². The fourth-order valence-corrected chi connectivity index (χ4v) is 0.843. The Morgan fingerprint density at radius 2 is 2.20 bits per heavy atom. The van der Waals surface area contributed by atoms with Gasteiger partial charge in [0.25, 0.3) is 0 Å². The van der Waals surface area contributed by atoms with E-state index in [-0.39, 0.29) is 18.0 Å². The molecule has 0 aliphatic carbocycles. The molecule has 0 saturated heterocycles. The largest absolute Gasteiger partial charge is 0.348 e. The van der Waals surface area contributed by atoms with Gasteiger partial charge in [-0.2, -0.15) is 5.21 Å². The Hall–Kier alpha value is -1.50. The molecule has 3 N–H and O–H groups in total. The van der Waals surface area contributed by atoms with Gasteiger partial charge in [0, 0.05) is 5.54 Å². The summed E-state index contributed by atoms with van der Waals surface area (Å²) in [6.45, 7) is 6.57. The van der Waals surface area contributed by atoms with Crippen molar-refractivity contribution in [2.75, 3.05) is 6.54 Å². The van der Waals surface area contributed by atoms with Crippen LogP contribution in [0.15, 0.2) is 0 Å². The van der Waals surface area contributed by atoms with Crippen LogP contribution >= 0.6 is 0 Å². The zero-order chi connectivity index (χ0) is 11.3. The number of carbonyl (C=O) groups excluding carboxylic acids is 1. The standard InChI is InChI=1S/C8H16N6O/c1-8(2,3)10-5-7(15)9-4-6-11-13-14-12-6/h10H,4-5H2,1-3H3,(H,9,15)(H,11,12,13,14). The second-order valence-corrected chi connectivity index (χ2v) is 4.21. The minimum atomic E-state index is -0.0882. The molecular formula is C8H16N6O. The van der Waals surface area contributed by atoms with E-state index in [1.54, 1.807) is 0 Å². The molecule has 1 rings (SSSR count). The van der Waals surface area contributed by atoms with Crippen LogP contribution in [-0.2, 0) is 11.3 Å². The zero-order valence-electron chi connectivity index (χ0n) is 9.16. The zero-order valence-corrected chi connectivity index (χ0v) is 9.16. The van der Waals surface area contributed by atoms with E-state index in [0.717, 1.165) is 0 Å². The molecule has 15 heavy (non-hydrogen) atoms. The van der Waals surface area contributed by atoms with Crippen molar-refractivity contribution in [1.29, 1.82) is 0 Å². The molecule has 0 bridgehead atoms. The van der Waals surface area contributed by atoms with Gasteiger partial charge in [-0.1, -0.05) is 5.21 Å². The van der Waals surface area contributed by atoms with Crippen LogP contribution in [0.1, 0.15) is 26.6 Å². The minimum Gasteiger partial charge on any atom is -0.348 e. The van der Waals surface area contributed by atoms with Gasteiger partial charge in [0.15, 0.2) is 5.82 Å². The van der Waals surface area contributed by atoms with Crippen LogP contribution in [0.2, 0.25) is 0 Å². The summed E-state index contributed by atoms with van der Waals surface area (Å²) in [7, 11) is 0. The van der Waals surface area contributed by atoms with E-state index in [1.807, 2.05) is 20.8 Å². The number of H-pyrrole nitrogens is 1. The van der Waals surface area contributed by atoms with Crippen molar-refractivity contribution in [1.82, 2.24) is 31.3 Å². The smallest absolute Gasteiger partial charge is 0.234 e. The maximum absolute atomic E-state index is 11.3. The van der Waals surface area contributed by atoms with Crippen molar-refractivity contribution < 1.29 is 4.79 Å². The van der Waals surface area contributed by atoms with E-state index in [1.165, 1.54) is 0 Å². The van der Waals surface area contributed by atoms with Gasteiger partial charge in [0.1, 0.15) is 0 Å². The molecule has 7 heteroatoms. The van der Waals surface area contributed by atoms with Crippen LogP contribution in [0.4, 0.5) is 0 Å². The number of rotatable bonds is 4. The molecule has 0 aromatic carbocycles. The molecule has 0 aliphatic rings. The lowest BCUT2D eigenvalue weighted by molar-refractivity contribution is -0.120. The Kier molecular flexibility index (Phi) is 3.73. The third-order valence-corrected chi connectivity index (χ3v) is 1.61. The molecule has 1 aromatic rings. The average molecular weight is 212 g/mol. The van der Waals surface area contributed by atoms with Crippen LogP contribution in [0, 0.1) is 0 Å². The van der Waals surface area contributed by atoms with E-state index in [2.05, 4.69) is 31.3 Å². The van der Waals surface area contributed by atoms with Gasteiger partial charge in [-0.15, -0.1) is 10.2 Å². The van der Waals surface area contributed by atoms with Gasteiger partial charge in [0.05, 0.1) is 13.1 Å². The van der Waals surface area contributed by atoms with Crippen LogP contribution in [0.25, 0.3) is 0 Å². The first kappa shape index (κ1) is 11.6. The molecule has 0 aliphatic heterocycles. The topological polar surface area (TPSA) is 95.6 Å². The third-order valence-electron chi connectivity index (χ3n) is 1.61. The lowest BCUT2D eigenvalue weighted by Gasteiger charge is -2.19. The maximum Gasteiger partial charge on any atom is 0.234 e. The maximum atomic E-state index is 11.3. The first-order chi connectivity index (χ1) is 6.97. The highest BCUT2D eigenvalue weighted by molar-refractivity contribution is 5.77. The number of aromatic amines is 1. The number of nitrogens with one attached hydrogen (secondary N) is 3. The summed E-state index contributed by atoms with van der Waals surface area (Å²) in [6.07, 6.45) is 0. The fourth-order valence-electron chi connectivity index (χ4n) is 0.843. The summed E-state index contributed by atoms with van der Waals surface area (Å²) < 4.78 is 0. The molecule has 1 amide bonds. The van der Waals surface area contributed by atoms with Crippen molar-refractivity contribution in [2.24, 2.45) is 0 Å². The summed E-state index contributed by atoms with van der Waals surface area (Å²) >= 11 is 0. The minimum absolute atomic E-state index is 0.0660. The molecule has 7 nitrogen and oxygen atoms in total. The molecule has 0 saturated carbocycles. The van der Waals surface area contributed by atoms with Crippen LogP contribution in [0.5, 0.6) is 0 Å². The quantitative estimate of drug-likeness (QED) is 0.607. The van der Waals surface area contributed by atoms with Gasteiger partial charge in [-0.25, -0.2) is 0 Å². The second-order valence-electron chi connectivity index (χ2n) is 4.21. The molecule has 1 heterocycles. The van der Waals surface area contributed by atoms with Crippen molar-refractivity contribution >= 4 is 5.91 Å². The number of nitrogens with zero attached hydrogens (tertiary/aromatic N) is 3. The Labute approximate surface area is 88.0 Å². The highest BCUT2D eigenvalue weighted by atomic mass is 16.1. The number of hydrogen-bond donors (Lipinski definition) is 3. The highest BCUT2D eigenvalue weighted by Crippen LogP contribution is 1.96. The van der Waals surface area contributed by atoms with E-state index in [9.17, 15) is 4.79 Å². The van der Waals surface area contributed by atoms with E-state index in [4.69, 9.17) is 0 Å². The van der Waals surface area contributed by atoms with Gasteiger partial charge in [-0.05, 0) is 20.8 Å².